The molecule has 0 saturated heterocycles. The normalized spacial score (nSPS) is 10.6. The van der Waals surface area contributed by atoms with Crippen LogP contribution in [0.3, 0.4) is 0 Å². The summed E-state index contributed by atoms with van der Waals surface area (Å²) in [4.78, 5) is 12.1. The first-order chi connectivity index (χ1) is 8.37. The van der Waals surface area contributed by atoms with Crippen LogP contribution >= 0.6 is 0 Å². The van der Waals surface area contributed by atoms with Crippen LogP contribution in [0.2, 0.25) is 0 Å². The molecule has 0 bridgehead atoms. The van der Waals surface area contributed by atoms with Crippen molar-refractivity contribution in [3.05, 3.63) is 23.8 Å². The Morgan fingerprint density at radius 3 is 2.16 bits per heavy atom. The van der Waals surface area contributed by atoms with E-state index < -0.39 is 0 Å². The lowest BCUT2D eigenvalue weighted by molar-refractivity contribution is -0.869. The maximum absolute atomic E-state index is 12.1. The number of hydrogen-bond acceptors (Lipinski definition) is 3. The Morgan fingerprint density at radius 2 is 1.68 bits per heavy atom. The highest BCUT2D eigenvalue weighted by molar-refractivity contribution is 5.96. The van der Waals surface area contributed by atoms with Crippen molar-refractivity contribution in [1.82, 2.24) is 0 Å². The maximum Gasteiger partial charge on any atom is 0.168 e. The number of benzene rings is 1. The highest BCUT2D eigenvalue weighted by atomic mass is 127. The summed E-state index contributed by atoms with van der Waals surface area (Å²) in [6.45, 7) is 0.813. The molecule has 0 fully saturated rings. The number of ketones is 1. The fraction of sp³-hybridized carbons (Fsp3) is 0.500. The van der Waals surface area contributed by atoms with E-state index in [9.17, 15) is 4.79 Å². The molecule has 0 spiro atoms. The van der Waals surface area contributed by atoms with Crippen LogP contribution in [0.25, 0.3) is 0 Å². The molecule has 0 aromatic heterocycles. The number of rotatable bonds is 6. The first-order valence-corrected chi connectivity index (χ1v) is 5.93. The van der Waals surface area contributed by atoms with Crippen LogP contribution in [-0.4, -0.2) is 52.2 Å². The highest BCUT2D eigenvalue weighted by Crippen LogP contribution is 2.27. The van der Waals surface area contributed by atoms with Crippen LogP contribution in [-0.2, 0) is 0 Å². The average Bonchev–Trinajstić information content (AvgIpc) is 2.34. The monoisotopic (exact) mass is 379 g/mol. The van der Waals surface area contributed by atoms with Crippen molar-refractivity contribution in [3.63, 3.8) is 0 Å². The molecular weight excluding hydrogens is 357 g/mol. The molecule has 0 atom stereocenters. The third kappa shape index (κ3) is 5.78. The third-order valence-electron chi connectivity index (χ3n) is 2.72. The Labute approximate surface area is 132 Å². The zero-order valence-electron chi connectivity index (χ0n) is 12.2. The minimum absolute atomic E-state index is 0. The van der Waals surface area contributed by atoms with E-state index >= 15 is 0 Å². The number of carbonyl (C=O) groups excluding carboxylic acids is 1. The molecular formula is C14H22INO3. The molecule has 0 radical (unpaired) electrons. The van der Waals surface area contributed by atoms with E-state index in [1.54, 1.807) is 32.4 Å². The quantitative estimate of drug-likeness (QED) is 0.361. The van der Waals surface area contributed by atoms with E-state index in [0.29, 0.717) is 23.5 Å². The topological polar surface area (TPSA) is 35.5 Å². The standard InChI is InChI=1S/C14H22NO3.HI/c1-15(2,3)9-8-12(16)11-6-7-13(17-4)14(10-11)18-5;/h6-7,10H,8-9H2,1-5H3;1H/q+1;/p-1. The molecule has 4 nitrogen and oxygen atoms in total. The molecule has 0 unspecified atom stereocenters. The van der Waals surface area contributed by atoms with Gasteiger partial charge in [0.1, 0.15) is 0 Å². The van der Waals surface area contributed by atoms with Crippen molar-refractivity contribution in [2.75, 3.05) is 41.9 Å². The van der Waals surface area contributed by atoms with Crippen molar-refractivity contribution in [2.45, 2.75) is 6.42 Å². The number of carbonyl (C=O) groups is 1. The molecule has 5 heteroatoms. The van der Waals surface area contributed by atoms with Gasteiger partial charge in [-0.25, -0.2) is 0 Å². The van der Waals surface area contributed by atoms with Gasteiger partial charge in [-0.2, -0.15) is 0 Å². The van der Waals surface area contributed by atoms with Crippen LogP contribution in [0.4, 0.5) is 0 Å². The third-order valence-corrected chi connectivity index (χ3v) is 2.72. The maximum atomic E-state index is 12.1. The van der Waals surface area contributed by atoms with Crippen LogP contribution < -0.4 is 33.5 Å². The summed E-state index contributed by atoms with van der Waals surface area (Å²) in [5.41, 5.74) is 0.668. The minimum Gasteiger partial charge on any atom is -1.00 e. The second-order valence-corrected chi connectivity index (χ2v) is 5.26. The highest BCUT2D eigenvalue weighted by Gasteiger charge is 2.14. The molecule has 0 heterocycles. The lowest BCUT2D eigenvalue weighted by Gasteiger charge is -2.23. The van der Waals surface area contributed by atoms with Crippen LogP contribution in [0.15, 0.2) is 18.2 Å². The second kappa shape index (κ2) is 7.69. The molecule has 108 valence electrons. The van der Waals surface area contributed by atoms with E-state index in [1.165, 1.54) is 0 Å². The molecule has 0 saturated carbocycles. The molecule has 0 aliphatic rings. The second-order valence-electron chi connectivity index (χ2n) is 5.26. The van der Waals surface area contributed by atoms with Gasteiger partial charge < -0.3 is 37.9 Å². The number of halogens is 1. The van der Waals surface area contributed by atoms with Crippen LogP contribution in [0.1, 0.15) is 16.8 Å². The zero-order valence-corrected chi connectivity index (χ0v) is 14.4. The minimum atomic E-state index is 0. The van der Waals surface area contributed by atoms with Gasteiger partial charge in [0.15, 0.2) is 17.3 Å². The van der Waals surface area contributed by atoms with Crippen LogP contribution in [0, 0.1) is 0 Å². The molecule has 0 aliphatic heterocycles. The van der Waals surface area contributed by atoms with Gasteiger partial charge in [-0.05, 0) is 18.2 Å². The van der Waals surface area contributed by atoms with Gasteiger partial charge in [0.25, 0.3) is 0 Å². The smallest absolute Gasteiger partial charge is 0.168 e. The number of methoxy groups -OCH3 is 2. The Kier molecular flexibility index (Phi) is 7.36. The Balaban J connectivity index is 0.00000324. The van der Waals surface area contributed by atoms with Gasteiger partial charge in [0, 0.05) is 5.56 Å². The lowest BCUT2D eigenvalue weighted by atomic mass is 10.1. The summed E-state index contributed by atoms with van der Waals surface area (Å²) >= 11 is 0. The van der Waals surface area contributed by atoms with Crippen molar-refractivity contribution in [2.24, 2.45) is 0 Å². The number of hydrogen-bond donors (Lipinski definition) is 0. The van der Waals surface area contributed by atoms with Gasteiger partial charge >= 0.3 is 0 Å². The fourth-order valence-electron chi connectivity index (χ4n) is 1.59. The van der Waals surface area contributed by atoms with E-state index in [0.717, 1.165) is 11.0 Å². The van der Waals surface area contributed by atoms with Crippen molar-refractivity contribution < 1.29 is 42.7 Å². The first-order valence-electron chi connectivity index (χ1n) is 5.93. The largest absolute Gasteiger partial charge is 1.00 e. The molecule has 0 aliphatic carbocycles. The van der Waals surface area contributed by atoms with E-state index in [4.69, 9.17) is 9.47 Å². The summed E-state index contributed by atoms with van der Waals surface area (Å²) in [7, 11) is 9.36. The van der Waals surface area contributed by atoms with Crippen molar-refractivity contribution >= 4 is 5.78 Å². The van der Waals surface area contributed by atoms with Gasteiger partial charge in [0.05, 0.1) is 48.3 Å². The average molecular weight is 379 g/mol. The SMILES string of the molecule is COc1ccc(C(=O)CC[N+](C)(C)C)cc1OC.[I-]. The summed E-state index contributed by atoms with van der Waals surface area (Å²) in [5.74, 6) is 1.36. The van der Waals surface area contributed by atoms with Gasteiger partial charge in [-0.1, -0.05) is 0 Å². The summed E-state index contributed by atoms with van der Waals surface area (Å²) < 4.78 is 11.1. The first kappa shape index (κ1) is 18.2. The summed E-state index contributed by atoms with van der Waals surface area (Å²) in [6, 6.07) is 5.27. The number of ether oxygens (including phenoxy) is 2. The number of nitrogens with zero attached hydrogens (tertiary/aromatic N) is 1. The van der Waals surface area contributed by atoms with Crippen molar-refractivity contribution in [1.29, 1.82) is 0 Å². The fourth-order valence-corrected chi connectivity index (χ4v) is 1.59. The van der Waals surface area contributed by atoms with Crippen molar-refractivity contribution in [3.8, 4) is 11.5 Å². The predicted octanol–water partition coefficient (Wildman–Crippen LogP) is -1.01. The van der Waals surface area contributed by atoms with E-state index in [-0.39, 0.29) is 29.8 Å². The van der Waals surface area contributed by atoms with Gasteiger partial charge in [0.2, 0.25) is 0 Å². The Hall–Kier alpha value is -0.820. The van der Waals surface area contributed by atoms with Gasteiger partial charge in [-0.3, -0.25) is 4.79 Å². The molecule has 1 aromatic carbocycles. The lowest BCUT2D eigenvalue weighted by Crippen LogP contribution is -3.00. The molecule has 0 N–H and O–H groups in total. The zero-order chi connectivity index (χ0) is 13.8. The van der Waals surface area contributed by atoms with Gasteiger partial charge in [-0.15, -0.1) is 0 Å². The van der Waals surface area contributed by atoms with Crippen LogP contribution in [0.5, 0.6) is 11.5 Å². The Bertz CT molecular complexity index is 427. The molecule has 1 rings (SSSR count). The number of Topliss-reactive ketones (excluding diaryl/α,β-unsaturated/α-hetero) is 1. The van der Waals surface area contributed by atoms with E-state index in [2.05, 4.69) is 21.1 Å². The predicted molar refractivity (Wildman–Crippen MR) is 71.4 cm³/mol. The van der Waals surface area contributed by atoms with E-state index in [1.807, 2.05) is 0 Å². The molecule has 19 heavy (non-hydrogen) atoms. The molecule has 1 aromatic rings. The summed E-state index contributed by atoms with van der Waals surface area (Å²) in [5, 5.41) is 0. The summed E-state index contributed by atoms with van der Waals surface area (Å²) in [6.07, 6.45) is 0.527. The Morgan fingerprint density at radius 1 is 1.11 bits per heavy atom. The number of quaternary nitrogens is 1. The molecule has 0 amide bonds.